The highest BCUT2D eigenvalue weighted by atomic mass is 16.5. The Bertz CT molecular complexity index is 555. The normalized spacial score (nSPS) is 12.3. The molecule has 21 heavy (non-hydrogen) atoms. The van der Waals surface area contributed by atoms with Gasteiger partial charge in [0.1, 0.15) is 12.2 Å². The van der Waals surface area contributed by atoms with E-state index >= 15 is 0 Å². The third kappa shape index (κ3) is 4.26. The minimum Gasteiger partial charge on any atom is -0.481 e. The topological polar surface area (TPSA) is 64.9 Å². The highest BCUT2D eigenvalue weighted by Gasteiger charge is 2.14. The van der Waals surface area contributed by atoms with E-state index < -0.39 is 0 Å². The van der Waals surface area contributed by atoms with E-state index in [4.69, 9.17) is 4.74 Å². The number of rotatable bonds is 8. The van der Waals surface area contributed by atoms with Crippen LogP contribution in [0.2, 0.25) is 0 Å². The van der Waals surface area contributed by atoms with Crippen molar-refractivity contribution in [3.8, 4) is 5.88 Å². The van der Waals surface area contributed by atoms with Crippen molar-refractivity contribution in [2.75, 3.05) is 13.7 Å². The molecule has 0 amide bonds. The van der Waals surface area contributed by atoms with Crippen LogP contribution in [0.25, 0.3) is 0 Å². The second-order valence-corrected chi connectivity index (χ2v) is 4.98. The fraction of sp³-hybridized carbons (Fsp3) is 0.533. The summed E-state index contributed by atoms with van der Waals surface area (Å²) in [4.78, 5) is 12.8. The van der Waals surface area contributed by atoms with E-state index in [2.05, 4.69) is 31.8 Å². The van der Waals surface area contributed by atoms with Crippen LogP contribution >= 0.6 is 0 Å². The molecule has 2 aromatic rings. The van der Waals surface area contributed by atoms with Crippen LogP contribution in [0.3, 0.4) is 0 Å². The number of aryl methyl sites for hydroxylation is 2. The van der Waals surface area contributed by atoms with Crippen LogP contribution in [0.1, 0.15) is 37.3 Å². The smallest absolute Gasteiger partial charge is 0.216 e. The second kappa shape index (κ2) is 7.73. The molecule has 0 saturated carbocycles. The Labute approximate surface area is 125 Å². The highest BCUT2D eigenvalue weighted by molar-refractivity contribution is 5.16. The maximum absolute atomic E-state index is 5.18. The van der Waals surface area contributed by atoms with Gasteiger partial charge in [-0.05, 0) is 19.4 Å². The maximum atomic E-state index is 5.18. The molecule has 2 rings (SSSR count). The van der Waals surface area contributed by atoms with Crippen molar-refractivity contribution in [2.45, 2.75) is 32.2 Å². The Morgan fingerprint density at radius 2 is 2.19 bits per heavy atom. The molecule has 0 aromatic carbocycles. The quantitative estimate of drug-likeness (QED) is 0.804. The van der Waals surface area contributed by atoms with Crippen LogP contribution in [0.4, 0.5) is 0 Å². The SMILES string of the molecule is CCCNC(CCc1nccn1C)c1cc(OC)ncn1. The number of methoxy groups -OCH3 is 1. The van der Waals surface area contributed by atoms with Crippen molar-refractivity contribution >= 4 is 0 Å². The first kappa shape index (κ1) is 15.4. The van der Waals surface area contributed by atoms with E-state index in [1.165, 1.54) is 0 Å². The molecule has 1 N–H and O–H groups in total. The van der Waals surface area contributed by atoms with E-state index in [1.807, 2.05) is 25.5 Å². The van der Waals surface area contributed by atoms with E-state index in [0.29, 0.717) is 5.88 Å². The molecule has 6 heteroatoms. The van der Waals surface area contributed by atoms with Crippen molar-refractivity contribution in [1.29, 1.82) is 0 Å². The molecule has 0 fully saturated rings. The Balaban J connectivity index is 2.07. The van der Waals surface area contributed by atoms with Gasteiger partial charge in [-0.3, -0.25) is 0 Å². The minimum atomic E-state index is 0.179. The lowest BCUT2D eigenvalue weighted by atomic mass is 10.1. The van der Waals surface area contributed by atoms with Crippen LogP contribution in [0.5, 0.6) is 5.88 Å². The van der Waals surface area contributed by atoms with Crippen molar-refractivity contribution in [2.24, 2.45) is 7.05 Å². The molecular weight excluding hydrogens is 266 g/mol. The highest BCUT2D eigenvalue weighted by Crippen LogP contribution is 2.19. The zero-order valence-electron chi connectivity index (χ0n) is 12.9. The largest absolute Gasteiger partial charge is 0.481 e. The summed E-state index contributed by atoms with van der Waals surface area (Å²) < 4.78 is 7.24. The van der Waals surface area contributed by atoms with Crippen LogP contribution in [0.15, 0.2) is 24.8 Å². The van der Waals surface area contributed by atoms with Crippen molar-refractivity contribution in [3.05, 3.63) is 36.3 Å². The number of ether oxygens (including phenoxy) is 1. The van der Waals surface area contributed by atoms with Gasteiger partial charge in [-0.1, -0.05) is 6.92 Å². The third-order valence-electron chi connectivity index (χ3n) is 3.45. The molecule has 6 nitrogen and oxygen atoms in total. The molecule has 2 aromatic heterocycles. The Morgan fingerprint density at radius 3 is 2.86 bits per heavy atom. The maximum Gasteiger partial charge on any atom is 0.216 e. The second-order valence-electron chi connectivity index (χ2n) is 4.98. The molecule has 0 bridgehead atoms. The van der Waals surface area contributed by atoms with Gasteiger partial charge in [-0.25, -0.2) is 15.0 Å². The number of hydrogen-bond acceptors (Lipinski definition) is 5. The van der Waals surface area contributed by atoms with Gasteiger partial charge in [0.15, 0.2) is 0 Å². The first-order chi connectivity index (χ1) is 10.2. The summed E-state index contributed by atoms with van der Waals surface area (Å²) in [5.41, 5.74) is 0.963. The fourth-order valence-electron chi connectivity index (χ4n) is 2.24. The zero-order valence-corrected chi connectivity index (χ0v) is 12.9. The number of imidazole rings is 1. The molecule has 114 valence electrons. The van der Waals surface area contributed by atoms with Crippen LogP contribution in [-0.4, -0.2) is 33.2 Å². The zero-order chi connectivity index (χ0) is 15.1. The summed E-state index contributed by atoms with van der Waals surface area (Å²) >= 11 is 0. The first-order valence-corrected chi connectivity index (χ1v) is 7.30. The predicted octanol–water partition coefficient (Wildman–Crippen LogP) is 1.89. The van der Waals surface area contributed by atoms with Crippen LogP contribution in [0, 0.1) is 0 Å². The van der Waals surface area contributed by atoms with Gasteiger partial charge in [-0.15, -0.1) is 0 Å². The monoisotopic (exact) mass is 289 g/mol. The summed E-state index contributed by atoms with van der Waals surface area (Å²) in [5, 5.41) is 3.54. The molecule has 0 radical (unpaired) electrons. The van der Waals surface area contributed by atoms with Gasteiger partial charge in [0.05, 0.1) is 18.8 Å². The van der Waals surface area contributed by atoms with Crippen molar-refractivity contribution in [3.63, 3.8) is 0 Å². The van der Waals surface area contributed by atoms with Gasteiger partial charge in [0, 0.05) is 31.9 Å². The average molecular weight is 289 g/mol. The summed E-state index contributed by atoms with van der Waals surface area (Å²) in [5.74, 6) is 1.68. The number of nitrogens with one attached hydrogen (secondary N) is 1. The summed E-state index contributed by atoms with van der Waals surface area (Å²) in [6.07, 6.45) is 8.27. The van der Waals surface area contributed by atoms with E-state index in [9.17, 15) is 0 Å². The molecule has 0 saturated heterocycles. The molecule has 0 aliphatic rings. The number of hydrogen-bond donors (Lipinski definition) is 1. The summed E-state index contributed by atoms with van der Waals surface area (Å²) in [6, 6.07) is 2.07. The minimum absolute atomic E-state index is 0.179. The predicted molar refractivity (Wildman–Crippen MR) is 81.1 cm³/mol. The lowest BCUT2D eigenvalue weighted by Gasteiger charge is -2.18. The Hall–Kier alpha value is -1.95. The molecule has 0 aliphatic carbocycles. The fourth-order valence-corrected chi connectivity index (χ4v) is 2.24. The molecule has 0 aliphatic heterocycles. The summed E-state index contributed by atoms with van der Waals surface area (Å²) in [7, 11) is 3.64. The van der Waals surface area contributed by atoms with E-state index in [1.54, 1.807) is 13.4 Å². The Morgan fingerprint density at radius 1 is 1.33 bits per heavy atom. The lowest BCUT2D eigenvalue weighted by molar-refractivity contribution is 0.392. The van der Waals surface area contributed by atoms with E-state index in [-0.39, 0.29) is 6.04 Å². The van der Waals surface area contributed by atoms with Gasteiger partial charge in [0.25, 0.3) is 0 Å². The van der Waals surface area contributed by atoms with Crippen molar-refractivity contribution < 1.29 is 4.74 Å². The van der Waals surface area contributed by atoms with Crippen molar-refractivity contribution in [1.82, 2.24) is 24.8 Å². The van der Waals surface area contributed by atoms with Gasteiger partial charge >= 0.3 is 0 Å². The Kier molecular flexibility index (Phi) is 5.68. The lowest BCUT2D eigenvalue weighted by Crippen LogP contribution is -2.24. The number of nitrogens with zero attached hydrogens (tertiary/aromatic N) is 4. The van der Waals surface area contributed by atoms with Crippen LogP contribution in [-0.2, 0) is 13.5 Å². The molecule has 0 spiro atoms. The molecule has 2 heterocycles. The molecule has 1 unspecified atom stereocenters. The van der Waals surface area contributed by atoms with E-state index in [0.717, 1.165) is 37.3 Å². The van der Waals surface area contributed by atoms with Crippen LogP contribution < -0.4 is 10.1 Å². The molecular formula is C15H23N5O. The van der Waals surface area contributed by atoms with Gasteiger partial charge in [-0.2, -0.15) is 0 Å². The average Bonchev–Trinajstić information content (AvgIpc) is 2.93. The molecule has 1 atom stereocenters. The first-order valence-electron chi connectivity index (χ1n) is 7.30. The van der Waals surface area contributed by atoms with Gasteiger partial charge < -0.3 is 14.6 Å². The summed E-state index contributed by atoms with van der Waals surface area (Å²) in [6.45, 7) is 3.11. The standard InChI is InChI=1S/C15H23N5O/c1-4-7-16-12(5-6-14-17-8-9-20(14)2)13-10-15(21-3)19-11-18-13/h8-12,16H,4-7H2,1-3H3. The third-order valence-corrected chi connectivity index (χ3v) is 3.45. The van der Waals surface area contributed by atoms with Gasteiger partial charge in [0.2, 0.25) is 5.88 Å². The number of aromatic nitrogens is 4.